The second-order valence-electron chi connectivity index (χ2n) is 8.97. The average Bonchev–Trinajstić information content (AvgIpc) is 3.61. The highest BCUT2D eigenvalue weighted by Gasteiger charge is 2.35. The SMILES string of the molecule is CCOc1ccc(CN2C(=O)c3ccccc3C2=O)cc1C(=O)Nc1ccc2oc(C3CC3)nc2c1. The minimum Gasteiger partial charge on any atom is -0.493 e. The minimum absolute atomic E-state index is 0.0495. The maximum Gasteiger partial charge on any atom is 0.261 e. The average molecular weight is 482 g/mol. The molecule has 8 nitrogen and oxygen atoms in total. The van der Waals surface area contributed by atoms with Crippen molar-refractivity contribution >= 4 is 34.5 Å². The van der Waals surface area contributed by atoms with Crippen molar-refractivity contribution in [2.75, 3.05) is 11.9 Å². The lowest BCUT2D eigenvalue weighted by Gasteiger charge is -2.16. The summed E-state index contributed by atoms with van der Waals surface area (Å²) >= 11 is 0. The summed E-state index contributed by atoms with van der Waals surface area (Å²) in [6.07, 6.45) is 2.18. The summed E-state index contributed by atoms with van der Waals surface area (Å²) < 4.78 is 11.5. The Hall–Kier alpha value is -4.46. The lowest BCUT2D eigenvalue weighted by Crippen LogP contribution is -2.29. The summed E-state index contributed by atoms with van der Waals surface area (Å²) in [4.78, 5) is 44.6. The molecule has 1 saturated carbocycles. The second kappa shape index (κ2) is 8.64. The van der Waals surface area contributed by atoms with Crippen LogP contribution in [0, 0.1) is 0 Å². The molecular weight excluding hydrogens is 458 g/mol. The first-order chi connectivity index (χ1) is 17.5. The van der Waals surface area contributed by atoms with Gasteiger partial charge >= 0.3 is 0 Å². The predicted octanol–water partition coefficient (Wildman–Crippen LogP) is 5.15. The number of ether oxygens (including phenoxy) is 1. The fourth-order valence-electron chi connectivity index (χ4n) is 4.43. The summed E-state index contributed by atoms with van der Waals surface area (Å²) in [5.74, 6) is 0.499. The third kappa shape index (κ3) is 3.90. The van der Waals surface area contributed by atoms with Crippen molar-refractivity contribution in [2.24, 2.45) is 0 Å². The zero-order chi connectivity index (χ0) is 24.8. The molecule has 0 spiro atoms. The van der Waals surface area contributed by atoms with Crippen molar-refractivity contribution < 1.29 is 23.5 Å². The minimum atomic E-state index is -0.368. The van der Waals surface area contributed by atoms with Gasteiger partial charge in [0, 0.05) is 11.6 Å². The van der Waals surface area contributed by atoms with E-state index in [0.717, 1.165) is 18.7 Å². The van der Waals surface area contributed by atoms with E-state index in [1.54, 1.807) is 60.7 Å². The molecule has 1 fully saturated rings. The summed E-state index contributed by atoms with van der Waals surface area (Å²) in [6, 6.07) is 17.2. The van der Waals surface area contributed by atoms with Gasteiger partial charge in [-0.25, -0.2) is 4.98 Å². The largest absolute Gasteiger partial charge is 0.493 e. The third-order valence-electron chi connectivity index (χ3n) is 6.40. The number of benzene rings is 3. The molecule has 3 amide bonds. The van der Waals surface area contributed by atoms with Gasteiger partial charge in [-0.3, -0.25) is 19.3 Å². The lowest BCUT2D eigenvalue weighted by atomic mass is 10.1. The van der Waals surface area contributed by atoms with Gasteiger partial charge in [-0.05, 0) is 67.8 Å². The van der Waals surface area contributed by atoms with E-state index in [0.29, 0.717) is 57.3 Å². The molecule has 36 heavy (non-hydrogen) atoms. The van der Waals surface area contributed by atoms with E-state index < -0.39 is 0 Å². The number of carbonyl (C=O) groups is 3. The number of carbonyl (C=O) groups excluding carboxylic acids is 3. The van der Waals surface area contributed by atoms with E-state index in [1.807, 2.05) is 6.92 Å². The van der Waals surface area contributed by atoms with Crippen molar-refractivity contribution in [1.29, 1.82) is 0 Å². The van der Waals surface area contributed by atoms with Gasteiger partial charge in [0.25, 0.3) is 17.7 Å². The number of anilines is 1. The van der Waals surface area contributed by atoms with Gasteiger partial charge in [-0.15, -0.1) is 0 Å². The van der Waals surface area contributed by atoms with Gasteiger partial charge in [0.1, 0.15) is 11.3 Å². The Labute approximate surface area is 206 Å². The maximum atomic E-state index is 13.3. The van der Waals surface area contributed by atoms with Gasteiger partial charge in [-0.1, -0.05) is 18.2 Å². The van der Waals surface area contributed by atoms with Gasteiger partial charge in [0.15, 0.2) is 11.5 Å². The number of amides is 3. The molecule has 0 unspecified atom stereocenters. The zero-order valence-electron chi connectivity index (χ0n) is 19.6. The summed E-state index contributed by atoms with van der Waals surface area (Å²) in [6.45, 7) is 2.27. The number of fused-ring (bicyclic) bond motifs is 2. The van der Waals surface area contributed by atoms with Crippen LogP contribution >= 0.6 is 0 Å². The van der Waals surface area contributed by atoms with Crippen LogP contribution in [0.3, 0.4) is 0 Å². The first kappa shape index (κ1) is 22.0. The van der Waals surface area contributed by atoms with Gasteiger partial charge in [-0.2, -0.15) is 0 Å². The molecule has 0 bridgehead atoms. The third-order valence-corrected chi connectivity index (χ3v) is 6.40. The molecule has 1 aliphatic heterocycles. The number of rotatable bonds is 7. The Morgan fingerprint density at radius 1 is 1.06 bits per heavy atom. The van der Waals surface area contributed by atoms with Crippen molar-refractivity contribution in [3.63, 3.8) is 0 Å². The van der Waals surface area contributed by atoms with Crippen LogP contribution in [0.5, 0.6) is 5.75 Å². The molecular formula is C28H23N3O5. The summed E-state index contributed by atoms with van der Waals surface area (Å²) in [5.41, 5.74) is 3.69. The van der Waals surface area contributed by atoms with Crippen LogP contribution in [0.4, 0.5) is 5.69 Å². The van der Waals surface area contributed by atoms with E-state index in [9.17, 15) is 14.4 Å². The fraction of sp³-hybridized carbons (Fsp3) is 0.214. The lowest BCUT2D eigenvalue weighted by molar-refractivity contribution is 0.0642. The van der Waals surface area contributed by atoms with E-state index >= 15 is 0 Å². The molecule has 8 heteroatoms. The quantitative estimate of drug-likeness (QED) is 0.366. The molecule has 2 aliphatic rings. The summed E-state index contributed by atoms with van der Waals surface area (Å²) in [7, 11) is 0. The smallest absolute Gasteiger partial charge is 0.261 e. The number of oxazole rings is 1. The van der Waals surface area contributed by atoms with E-state index in [2.05, 4.69) is 10.3 Å². The number of hydrogen-bond acceptors (Lipinski definition) is 6. The maximum absolute atomic E-state index is 13.3. The van der Waals surface area contributed by atoms with E-state index in [4.69, 9.17) is 9.15 Å². The van der Waals surface area contributed by atoms with Crippen LogP contribution in [0.1, 0.15) is 68.2 Å². The van der Waals surface area contributed by atoms with Crippen molar-refractivity contribution in [3.05, 3.63) is 88.8 Å². The van der Waals surface area contributed by atoms with Crippen LogP contribution in [0.2, 0.25) is 0 Å². The first-order valence-corrected chi connectivity index (χ1v) is 11.9. The highest BCUT2D eigenvalue weighted by molar-refractivity contribution is 6.21. The zero-order valence-corrected chi connectivity index (χ0v) is 19.6. The molecule has 0 saturated heterocycles. The predicted molar refractivity (Wildman–Crippen MR) is 132 cm³/mol. The fourth-order valence-corrected chi connectivity index (χ4v) is 4.43. The normalized spacial score (nSPS) is 14.9. The molecule has 1 aliphatic carbocycles. The Balaban J connectivity index is 1.25. The van der Waals surface area contributed by atoms with Crippen LogP contribution in [0.15, 0.2) is 65.1 Å². The molecule has 180 valence electrons. The van der Waals surface area contributed by atoms with Gasteiger partial charge in [0.05, 0.1) is 29.8 Å². The standard InChI is InChI=1S/C28H23N3O5/c1-2-35-23-11-7-16(15-31-27(33)19-5-3-4-6-20(19)28(31)34)13-21(23)25(32)29-18-10-12-24-22(14-18)30-26(36-24)17-8-9-17/h3-7,10-14,17H,2,8-9,15H2,1H3,(H,29,32). The Bertz CT molecular complexity index is 1500. The molecule has 4 aromatic rings. The van der Waals surface area contributed by atoms with Crippen LogP contribution in [-0.2, 0) is 6.54 Å². The Morgan fingerprint density at radius 3 is 2.50 bits per heavy atom. The number of aromatic nitrogens is 1. The number of nitrogens with one attached hydrogen (secondary N) is 1. The first-order valence-electron chi connectivity index (χ1n) is 11.9. The molecule has 0 radical (unpaired) electrons. The van der Waals surface area contributed by atoms with Crippen LogP contribution < -0.4 is 10.1 Å². The Morgan fingerprint density at radius 2 is 1.81 bits per heavy atom. The van der Waals surface area contributed by atoms with Crippen molar-refractivity contribution in [2.45, 2.75) is 32.2 Å². The highest BCUT2D eigenvalue weighted by Crippen LogP contribution is 2.40. The molecule has 6 rings (SSSR count). The van der Waals surface area contributed by atoms with Gasteiger partial charge < -0.3 is 14.5 Å². The second-order valence-corrected chi connectivity index (χ2v) is 8.97. The molecule has 0 atom stereocenters. The number of nitrogens with zero attached hydrogens (tertiary/aromatic N) is 2. The molecule has 1 aromatic heterocycles. The van der Waals surface area contributed by atoms with Crippen molar-refractivity contribution in [1.82, 2.24) is 9.88 Å². The Kier molecular flexibility index (Phi) is 5.29. The van der Waals surface area contributed by atoms with Crippen LogP contribution in [-0.4, -0.2) is 34.2 Å². The van der Waals surface area contributed by atoms with Crippen LogP contribution in [0.25, 0.3) is 11.1 Å². The summed E-state index contributed by atoms with van der Waals surface area (Å²) in [5, 5.41) is 2.91. The van der Waals surface area contributed by atoms with E-state index in [-0.39, 0.29) is 24.3 Å². The van der Waals surface area contributed by atoms with Crippen molar-refractivity contribution in [3.8, 4) is 5.75 Å². The molecule has 2 heterocycles. The van der Waals surface area contributed by atoms with E-state index in [1.165, 1.54) is 4.90 Å². The highest BCUT2D eigenvalue weighted by atomic mass is 16.5. The topological polar surface area (TPSA) is 102 Å². The number of imide groups is 1. The number of hydrogen-bond donors (Lipinski definition) is 1. The van der Waals surface area contributed by atoms with Gasteiger partial charge in [0.2, 0.25) is 0 Å². The molecule has 3 aromatic carbocycles. The monoisotopic (exact) mass is 481 g/mol. The molecule has 1 N–H and O–H groups in total.